The first-order valence-electron chi connectivity index (χ1n) is 11.0. The summed E-state index contributed by atoms with van der Waals surface area (Å²) in [4.78, 5) is 0. The van der Waals surface area contributed by atoms with E-state index in [1.807, 2.05) is 19.9 Å². The van der Waals surface area contributed by atoms with Crippen molar-refractivity contribution in [1.29, 1.82) is 0 Å². The number of hydrogen-bond donors (Lipinski definition) is 1. The van der Waals surface area contributed by atoms with Crippen LogP contribution in [0.15, 0.2) is 34.9 Å². The molecule has 29 heavy (non-hydrogen) atoms. The lowest BCUT2D eigenvalue weighted by Gasteiger charge is -2.38. The van der Waals surface area contributed by atoms with E-state index < -0.39 is 14.4 Å². The minimum absolute atomic E-state index is 0.207. The van der Waals surface area contributed by atoms with E-state index in [1.165, 1.54) is 18.4 Å². The Morgan fingerprint density at radius 3 is 2.48 bits per heavy atom. The summed E-state index contributed by atoms with van der Waals surface area (Å²) in [7, 11) is -1.74. The first-order chi connectivity index (χ1) is 13.2. The van der Waals surface area contributed by atoms with E-state index in [0.29, 0.717) is 17.9 Å². The molecule has 0 aliphatic heterocycles. The van der Waals surface area contributed by atoms with Gasteiger partial charge in [-0.05, 0) is 86.7 Å². The summed E-state index contributed by atoms with van der Waals surface area (Å²) in [6.45, 7) is 22.7. The first kappa shape index (κ1) is 26.0. The molecule has 2 atom stereocenters. The molecule has 0 aromatic rings. The van der Waals surface area contributed by atoms with Crippen LogP contribution in [-0.4, -0.2) is 26.1 Å². The van der Waals surface area contributed by atoms with Gasteiger partial charge in [0.15, 0.2) is 8.32 Å². The highest BCUT2D eigenvalue weighted by atomic mass is 28.4. The Morgan fingerprint density at radius 1 is 1.31 bits per heavy atom. The van der Waals surface area contributed by atoms with E-state index in [2.05, 4.69) is 78.6 Å². The van der Waals surface area contributed by atoms with E-state index in [9.17, 15) is 5.11 Å². The second-order valence-electron chi connectivity index (χ2n) is 10.8. The Balaban J connectivity index is 2.68. The van der Waals surface area contributed by atoms with Crippen molar-refractivity contribution >= 4 is 8.32 Å². The maximum Gasteiger partial charge on any atom is 0.192 e. The van der Waals surface area contributed by atoms with Gasteiger partial charge in [0, 0.05) is 0 Å². The molecule has 0 spiro atoms. The van der Waals surface area contributed by atoms with Gasteiger partial charge in [0.05, 0.1) is 6.61 Å². The average molecular weight is 417 g/mol. The van der Waals surface area contributed by atoms with Gasteiger partial charge in [0.1, 0.15) is 6.10 Å². The summed E-state index contributed by atoms with van der Waals surface area (Å²) in [5.74, 6) is 6.63. The zero-order chi connectivity index (χ0) is 22.5. The predicted octanol–water partition coefficient (Wildman–Crippen LogP) is 7.04. The second kappa shape index (κ2) is 10.3. The molecule has 3 heteroatoms. The SMILES string of the molecule is CC1=CCCC(C)(C)[C@H]1C/C=C(\C)C(O)C#C/C(C)=C/CO[Si](C)(C)C(C)(C)C. The average Bonchev–Trinajstić information content (AvgIpc) is 2.57. The standard InChI is InChI=1S/C26H44O2Si/c1-20(17-19-28-29(9,10)25(4,5)6)13-16-24(27)22(3)14-15-23-21(2)12-11-18-26(23,7)8/h12,14,17,23-24,27H,11,15,18-19H2,1-10H3/b20-17+,22-14+/t23-,24?/m0/s1. The minimum Gasteiger partial charge on any atom is -0.413 e. The van der Waals surface area contributed by atoms with Crippen molar-refractivity contribution < 1.29 is 9.53 Å². The van der Waals surface area contributed by atoms with Crippen LogP contribution in [0, 0.1) is 23.2 Å². The molecule has 1 aliphatic rings. The summed E-state index contributed by atoms with van der Waals surface area (Å²) < 4.78 is 6.17. The van der Waals surface area contributed by atoms with Crippen LogP contribution in [-0.2, 0) is 4.43 Å². The van der Waals surface area contributed by atoms with Gasteiger partial charge in [0.2, 0.25) is 0 Å². The zero-order valence-corrected chi connectivity index (χ0v) is 21.6. The molecule has 1 rings (SSSR count). The van der Waals surface area contributed by atoms with Crippen LogP contribution >= 0.6 is 0 Å². The summed E-state index contributed by atoms with van der Waals surface area (Å²) >= 11 is 0. The summed E-state index contributed by atoms with van der Waals surface area (Å²) in [6.07, 6.45) is 9.23. The number of allylic oxidation sites excluding steroid dienone is 4. The Morgan fingerprint density at radius 2 is 1.93 bits per heavy atom. The number of hydrogen-bond acceptors (Lipinski definition) is 2. The van der Waals surface area contributed by atoms with E-state index in [0.717, 1.165) is 17.6 Å². The topological polar surface area (TPSA) is 29.5 Å². The lowest BCUT2D eigenvalue weighted by Crippen LogP contribution is -2.40. The van der Waals surface area contributed by atoms with E-state index in [4.69, 9.17) is 4.43 Å². The Hall–Kier alpha value is -1.08. The van der Waals surface area contributed by atoms with Gasteiger partial charge in [-0.25, -0.2) is 0 Å². The maximum atomic E-state index is 10.4. The molecule has 1 aliphatic carbocycles. The molecule has 0 radical (unpaired) electrons. The predicted molar refractivity (Wildman–Crippen MR) is 129 cm³/mol. The molecular weight excluding hydrogens is 372 g/mol. The molecule has 0 saturated heterocycles. The van der Waals surface area contributed by atoms with Crippen molar-refractivity contribution in [1.82, 2.24) is 0 Å². The molecule has 1 N–H and O–H groups in total. The molecule has 2 nitrogen and oxygen atoms in total. The molecule has 0 aromatic heterocycles. The van der Waals surface area contributed by atoms with Crippen molar-refractivity contribution in [2.45, 2.75) is 98.9 Å². The van der Waals surface area contributed by atoms with Gasteiger partial charge < -0.3 is 9.53 Å². The smallest absolute Gasteiger partial charge is 0.192 e. The van der Waals surface area contributed by atoms with Gasteiger partial charge in [-0.3, -0.25) is 0 Å². The van der Waals surface area contributed by atoms with E-state index in [1.54, 1.807) is 0 Å². The van der Waals surface area contributed by atoms with Crippen LogP contribution in [0.2, 0.25) is 18.1 Å². The largest absolute Gasteiger partial charge is 0.413 e. The highest BCUT2D eigenvalue weighted by molar-refractivity contribution is 6.74. The van der Waals surface area contributed by atoms with Crippen molar-refractivity contribution in [2.24, 2.45) is 11.3 Å². The maximum absolute atomic E-state index is 10.4. The fourth-order valence-electron chi connectivity index (χ4n) is 3.46. The van der Waals surface area contributed by atoms with Gasteiger partial charge in [0.25, 0.3) is 0 Å². The van der Waals surface area contributed by atoms with Crippen LogP contribution in [0.5, 0.6) is 0 Å². The van der Waals surface area contributed by atoms with Crippen molar-refractivity contribution in [3.8, 4) is 11.8 Å². The molecule has 1 unspecified atom stereocenters. The lowest BCUT2D eigenvalue weighted by atomic mass is 9.67. The van der Waals surface area contributed by atoms with Crippen LogP contribution in [0.25, 0.3) is 0 Å². The highest BCUT2D eigenvalue weighted by Gasteiger charge is 2.36. The molecule has 0 saturated carbocycles. The third-order valence-corrected chi connectivity index (χ3v) is 11.4. The van der Waals surface area contributed by atoms with Gasteiger partial charge in [-0.15, -0.1) is 0 Å². The monoisotopic (exact) mass is 416 g/mol. The quantitative estimate of drug-likeness (QED) is 0.286. The summed E-state index contributed by atoms with van der Waals surface area (Å²) in [5.41, 5.74) is 3.68. The van der Waals surface area contributed by atoms with E-state index >= 15 is 0 Å². The lowest BCUT2D eigenvalue weighted by molar-refractivity contribution is 0.215. The Kier molecular flexibility index (Phi) is 9.21. The van der Waals surface area contributed by atoms with Gasteiger partial charge >= 0.3 is 0 Å². The zero-order valence-electron chi connectivity index (χ0n) is 20.6. The molecular formula is C26H44O2Si. The third-order valence-electron chi connectivity index (χ3n) is 6.90. The van der Waals surface area contributed by atoms with Crippen molar-refractivity contribution in [2.75, 3.05) is 6.61 Å². The van der Waals surface area contributed by atoms with Crippen LogP contribution in [0.1, 0.15) is 74.7 Å². The third kappa shape index (κ3) is 7.93. The molecule has 0 heterocycles. The molecule has 0 aromatic carbocycles. The fourth-order valence-corrected chi connectivity index (χ4v) is 4.40. The van der Waals surface area contributed by atoms with Crippen molar-refractivity contribution in [3.63, 3.8) is 0 Å². The van der Waals surface area contributed by atoms with Crippen LogP contribution in [0.3, 0.4) is 0 Å². The van der Waals surface area contributed by atoms with Gasteiger partial charge in [-0.1, -0.05) is 64.2 Å². The number of rotatable bonds is 6. The summed E-state index contributed by atoms with van der Waals surface area (Å²) in [6, 6.07) is 0. The number of aliphatic hydroxyl groups excluding tert-OH is 1. The van der Waals surface area contributed by atoms with Gasteiger partial charge in [-0.2, -0.15) is 0 Å². The number of aliphatic hydroxyl groups is 1. The first-order valence-corrected chi connectivity index (χ1v) is 13.9. The van der Waals surface area contributed by atoms with Crippen LogP contribution in [0.4, 0.5) is 0 Å². The molecule has 164 valence electrons. The second-order valence-corrected chi connectivity index (χ2v) is 15.7. The molecule has 0 fully saturated rings. The summed E-state index contributed by atoms with van der Waals surface area (Å²) in [5, 5.41) is 10.7. The normalized spacial score (nSPS) is 21.9. The Bertz CT molecular complexity index is 705. The fraction of sp³-hybridized carbons (Fsp3) is 0.692. The highest BCUT2D eigenvalue weighted by Crippen LogP contribution is 2.43. The van der Waals surface area contributed by atoms with Crippen LogP contribution < -0.4 is 0 Å². The molecule has 0 bridgehead atoms. The minimum atomic E-state index is -1.74. The Labute approximate surface area is 181 Å². The van der Waals surface area contributed by atoms with E-state index in [-0.39, 0.29) is 5.04 Å². The molecule has 0 amide bonds. The van der Waals surface area contributed by atoms with Crippen molar-refractivity contribution in [3.05, 3.63) is 34.9 Å².